The predicted molar refractivity (Wildman–Crippen MR) is 66.8 cm³/mol. The average molecular weight is 247 g/mol. The first-order valence-electron chi connectivity index (χ1n) is 6.36. The van der Waals surface area contributed by atoms with Gasteiger partial charge in [0.2, 0.25) is 11.9 Å². The Kier molecular flexibility index (Phi) is 2.87. The molecule has 2 aliphatic rings. The standard InChI is InChI=1S/C12H17N5O/c13-6-8-3-4-14-12(16-8)17-5-1-2-9-10(17)7-15-11(9)18/h3-4,9-10H,1-2,5-7,13H2,(H,15,18). The molecular formula is C12H17N5O. The van der Waals surface area contributed by atoms with Crippen LogP contribution in [0.3, 0.4) is 0 Å². The van der Waals surface area contributed by atoms with Crippen molar-refractivity contribution >= 4 is 11.9 Å². The molecule has 2 unspecified atom stereocenters. The molecule has 6 nitrogen and oxygen atoms in total. The van der Waals surface area contributed by atoms with Crippen molar-refractivity contribution < 1.29 is 4.79 Å². The Morgan fingerprint density at radius 2 is 2.44 bits per heavy atom. The molecule has 2 fully saturated rings. The van der Waals surface area contributed by atoms with Gasteiger partial charge in [-0.25, -0.2) is 9.97 Å². The fraction of sp³-hybridized carbons (Fsp3) is 0.583. The number of anilines is 1. The van der Waals surface area contributed by atoms with Gasteiger partial charge in [0.25, 0.3) is 0 Å². The number of hydrogen-bond acceptors (Lipinski definition) is 5. The summed E-state index contributed by atoms with van der Waals surface area (Å²) in [6.07, 6.45) is 3.70. The molecule has 0 saturated carbocycles. The third-order valence-corrected chi connectivity index (χ3v) is 3.77. The number of hydrogen-bond donors (Lipinski definition) is 2. The fourth-order valence-electron chi connectivity index (χ4n) is 2.84. The zero-order valence-corrected chi connectivity index (χ0v) is 10.2. The van der Waals surface area contributed by atoms with E-state index in [0.29, 0.717) is 19.0 Å². The molecule has 1 amide bonds. The topological polar surface area (TPSA) is 84.1 Å². The van der Waals surface area contributed by atoms with Crippen LogP contribution in [-0.4, -0.2) is 35.0 Å². The van der Waals surface area contributed by atoms with E-state index in [4.69, 9.17) is 5.73 Å². The molecule has 1 aromatic rings. The quantitative estimate of drug-likeness (QED) is 0.746. The van der Waals surface area contributed by atoms with Crippen LogP contribution in [0, 0.1) is 5.92 Å². The second-order valence-electron chi connectivity index (χ2n) is 4.81. The normalized spacial score (nSPS) is 26.9. The Labute approximate surface area is 106 Å². The van der Waals surface area contributed by atoms with Gasteiger partial charge in [0, 0.05) is 25.8 Å². The lowest BCUT2D eigenvalue weighted by Gasteiger charge is -2.35. The van der Waals surface area contributed by atoms with Gasteiger partial charge in [0.05, 0.1) is 17.7 Å². The number of aromatic nitrogens is 2. The number of carbonyl (C=O) groups is 1. The van der Waals surface area contributed by atoms with Crippen LogP contribution in [0.2, 0.25) is 0 Å². The fourth-order valence-corrected chi connectivity index (χ4v) is 2.84. The molecule has 18 heavy (non-hydrogen) atoms. The van der Waals surface area contributed by atoms with Crippen molar-refractivity contribution in [3.63, 3.8) is 0 Å². The second-order valence-corrected chi connectivity index (χ2v) is 4.81. The Hall–Kier alpha value is -1.69. The van der Waals surface area contributed by atoms with Gasteiger partial charge in [-0.15, -0.1) is 0 Å². The SMILES string of the molecule is NCc1ccnc(N2CCCC3C(=O)NCC32)n1. The van der Waals surface area contributed by atoms with Crippen molar-refractivity contribution in [3.8, 4) is 0 Å². The Morgan fingerprint density at radius 1 is 1.56 bits per heavy atom. The average Bonchev–Trinajstić information content (AvgIpc) is 2.81. The molecule has 3 N–H and O–H groups in total. The maximum atomic E-state index is 11.7. The number of nitrogens with one attached hydrogen (secondary N) is 1. The van der Waals surface area contributed by atoms with Gasteiger partial charge >= 0.3 is 0 Å². The lowest BCUT2D eigenvalue weighted by Crippen LogP contribution is -2.46. The van der Waals surface area contributed by atoms with Gasteiger partial charge < -0.3 is 16.0 Å². The van der Waals surface area contributed by atoms with E-state index in [1.54, 1.807) is 6.20 Å². The minimum absolute atomic E-state index is 0.0869. The van der Waals surface area contributed by atoms with Gasteiger partial charge in [-0.05, 0) is 18.9 Å². The summed E-state index contributed by atoms with van der Waals surface area (Å²) in [6, 6.07) is 2.02. The van der Waals surface area contributed by atoms with Crippen molar-refractivity contribution in [2.45, 2.75) is 25.4 Å². The van der Waals surface area contributed by atoms with E-state index in [9.17, 15) is 4.79 Å². The highest BCUT2D eigenvalue weighted by atomic mass is 16.2. The summed E-state index contributed by atoms with van der Waals surface area (Å²) in [7, 11) is 0. The number of fused-ring (bicyclic) bond motifs is 1. The van der Waals surface area contributed by atoms with Crippen LogP contribution < -0.4 is 16.0 Å². The Balaban J connectivity index is 1.88. The summed E-state index contributed by atoms with van der Waals surface area (Å²) < 4.78 is 0. The highest BCUT2D eigenvalue weighted by Crippen LogP contribution is 2.29. The molecule has 2 saturated heterocycles. The maximum absolute atomic E-state index is 11.7. The van der Waals surface area contributed by atoms with E-state index >= 15 is 0 Å². The zero-order valence-electron chi connectivity index (χ0n) is 10.2. The van der Waals surface area contributed by atoms with Crippen molar-refractivity contribution in [1.29, 1.82) is 0 Å². The minimum Gasteiger partial charge on any atom is -0.354 e. The zero-order chi connectivity index (χ0) is 12.5. The summed E-state index contributed by atoms with van der Waals surface area (Å²) in [5, 5.41) is 2.93. The molecule has 0 bridgehead atoms. The Morgan fingerprint density at radius 3 is 3.28 bits per heavy atom. The Bertz CT molecular complexity index is 464. The van der Waals surface area contributed by atoms with Crippen LogP contribution >= 0.6 is 0 Å². The third-order valence-electron chi connectivity index (χ3n) is 3.77. The molecule has 96 valence electrons. The summed E-state index contributed by atoms with van der Waals surface area (Å²) in [5.41, 5.74) is 6.43. The van der Waals surface area contributed by atoms with Crippen LogP contribution in [-0.2, 0) is 11.3 Å². The lowest BCUT2D eigenvalue weighted by molar-refractivity contribution is -0.123. The van der Waals surface area contributed by atoms with Crippen LogP contribution in [0.1, 0.15) is 18.5 Å². The largest absolute Gasteiger partial charge is 0.354 e. The van der Waals surface area contributed by atoms with E-state index in [1.165, 1.54) is 0 Å². The molecule has 0 spiro atoms. The number of nitrogens with zero attached hydrogens (tertiary/aromatic N) is 3. The lowest BCUT2D eigenvalue weighted by atomic mass is 9.92. The number of nitrogens with two attached hydrogens (primary N) is 1. The first kappa shape index (κ1) is 11.4. The highest BCUT2D eigenvalue weighted by molar-refractivity contribution is 5.82. The maximum Gasteiger partial charge on any atom is 0.225 e. The van der Waals surface area contributed by atoms with Gasteiger partial charge in [0.1, 0.15) is 0 Å². The number of piperidine rings is 1. The van der Waals surface area contributed by atoms with Crippen LogP contribution in [0.5, 0.6) is 0 Å². The first-order chi connectivity index (χ1) is 8.79. The van der Waals surface area contributed by atoms with E-state index in [0.717, 1.165) is 25.1 Å². The molecule has 1 aromatic heterocycles. The summed E-state index contributed by atoms with van der Waals surface area (Å²) in [4.78, 5) is 22.6. The monoisotopic (exact) mass is 247 g/mol. The molecule has 3 heterocycles. The van der Waals surface area contributed by atoms with Crippen LogP contribution in [0.15, 0.2) is 12.3 Å². The number of rotatable bonds is 2. The number of amides is 1. The van der Waals surface area contributed by atoms with Crippen molar-refractivity contribution in [3.05, 3.63) is 18.0 Å². The highest BCUT2D eigenvalue weighted by Gasteiger charge is 2.41. The smallest absolute Gasteiger partial charge is 0.225 e. The van der Waals surface area contributed by atoms with Crippen molar-refractivity contribution in [1.82, 2.24) is 15.3 Å². The van der Waals surface area contributed by atoms with E-state index in [2.05, 4.69) is 20.2 Å². The molecular weight excluding hydrogens is 230 g/mol. The van der Waals surface area contributed by atoms with Crippen LogP contribution in [0.4, 0.5) is 5.95 Å². The van der Waals surface area contributed by atoms with E-state index in [-0.39, 0.29) is 17.9 Å². The van der Waals surface area contributed by atoms with Gasteiger partial charge in [-0.2, -0.15) is 0 Å². The summed E-state index contributed by atoms with van der Waals surface area (Å²) in [6.45, 7) is 2.01. The van der Waals surface area contributed by atoms with E-state index < -0.39 is 0 Å². The molecule has 2 aliphatic heterocycles. The molecule has 0 radical (unpaired) electrons. The minimum atomic E-state index is 0.0869. The van der Waals surface area contributed by atoms with Crippen LogP contribution in [0.25, 0.3) is 0 Å². The van der Waals surface area contributed by atoms with Gasteiger partial charge in [0.15, 0.2) is 0 Å². The van der Waals surface area contributed by atoms with E-state index in [1.807, 2.05) is 6.07 Å². The number of carbonyl (C=O) groups excluding carboxylic acids is 1. The second kappa shape index (κ2) is 4.53. The first-order valence-corrected chi connectivity index (χ1v) is 6.36. The predicted octanol–water partition coefficient (Wildman–Crippen LogP) is -0.350. The summed E-state index contributed by atoms with van der Waals surface area (Å²) >= 11 is 0. The van der Waals surface area contributed by atoms with Crippen molar-refractivity contribution in [2.24, 2.45) is 11.7 Å². The van der Waals surface area contributed by atoms with Crippen molar-refractivity contribution in [2.75, 3.05) is 18.0 Å². The summed E-state index contributed by atoms with van der Waals surface area (Å²) in [5.74, 6) is 0.952. The van der Waals surface area contributed by atoms with Gasteiger partial charge in [-0.3, -0.25) is 4.79 Å². The molecule has 2 atom stereocenters. The molecule has 0 aliphatic carbocycles. The molecule has 6 heteroatoms. The molecule has 0 aromatic carbocycles. The molecule has 3 rings (SSSR count). The van der Waals surface area contributed by atoms with Gasteiger partial charge in [-0.1, -0.05) is 0 Å². The third kappa shape index (κ3) is 1.82.